The van der Waals surface area contributed by atoms with E-state index in [4.69, 9.17) is 5.73 Å². The largest absolute Gasteiger partial charge is 0.326 e. The summed E-state index contributed by atoms with van der Waals surface area (Å²) in [6, 6.07) is 0. The lowest BCUT2D eigenvalue weighted by molar-refractivity contribution is -0.123. The predicted molar refractivity (Wildman–Crippen MR) is 40.5 cm³/mol. The molecule has 1 amide bonds. The summed E-state index contributed by atoms with van der Waals surface area (Å²) in [6.45, 7) is 3.94. The Labute approximate surface area is 60.5 Å². The van der Waals surface area contributed by atoms with Crippen molar-refractivity contribution >= 4 is 12.1 Å². The van der Waals surface area contributed by atoms with Gasteiger partial charge >= 0.3 is 0 Å². The molecule has 0 aromatic rings. The minimum absolute atomic E-state index is 0.0325. The Morgan fingerprint density at radius 3 is 2.80 bits per heavy atom. The molecule has 0 heterocycles. The van der Waals surface area contributed by atoms with Crippen molar-refractivity contribution in [3.8, 4) is 0 Å². The Morgan fingerprint density at radius 1 is 1.80 bits per heavy atom. The van der Waals surface area contributed by atoms with Gasteiger partial charge in [0.15, 0.2) is 0 Å². The highest BCUT2D eigenvalue weighted by Gasteiger charge is 2.02. The minimum Gasteiger partial charge on any atom is -0.326 e. The quantitative estimate of drug-likeness (QED) is 0.421. The van der Waals surface area contributed by atoms with E-state index in [1.54, 1.807) is 13.8 Å². The highest BCUT2D eigenvalue weighted by molar-refractivity contribution is 5.78. The maximum atomic E-state index is 10.8. The molecule has 4 heteroatoms. The number of nitrogens with zero attached hydrogens (tertiary/aromatic N) is 1. The summed E-state index contributed by atoms with van der Waals surface area (Å²) in [5.74, 6) is -0.125. The summed E-state index contributed by atoms with van der Waals surface area (Å²) >= 11 is 0. The summed E-state index contributed by atoms with van der Waals surface area (Å²) in [6.07, 6.45) is 1.44. The van der Waals surface area contributed by atoms with Crippen molar-refractivity contribution in [1.29, 1.82) is 0 Å². The normalized spacial score (nSPS) is 10.8. The highest BCUT2D eigenvalue weighted by atomic mass is 16.2. The van der Waals surface area contributed by atoms with E-state index in [9.17, 15) is 4.79 Å². The van der Waals surface area contributed by atoms with Crippen LogP contribution in [0.5, 0.6) is 0 Å². The van der Waals surface area contributed by atoms with Gasteiger partial charge in [0.05, 0.1) is 0 Å². The monoisotopic (exact) mass is 143 g/mol. The van der Waals surface area contributed by atoms with Gasteiger partial charge in [-0.3, -0.25) is 4.79 Å². The van der Waals surface area contributed by atoms with Crippen LogP contribution in [-0.4, -0.2) is 18.7 Å². The van der Waals surface area contributed by atoms with Crippen molar-refractivity contribution in [3.63, 3.8) is 0 Å². The topological polar surface area (TPSA) is 67.5 Å². The molecule has 0 aromatic heterocycles. The highest BCUT2D eigenvalue weighted by Crippen LogP contribution is 1.88. The van der Waals surface area contributed by atoms with Crippen LogP contribution in [-0.2, 0) is 4.79 Å². The van der Waals surface area contributed by atoms with Crippen LogP contribution in [0.25, 0.3) is 0 Å². The van der Waals surface area contributed by atoms with Gasteiger partial charge < -0.3 is 5.73 Å². The summed E-state index contributed by atoms with van der Waals surface area (Å²) in [4.78, 5) is 10.8. The first-order valence-corrected chi connectivity index (χ1v) is 3.20. The molecule has 0 radical (unpaired) electrons. The molecule has 4 nitrogen and oxygen atoms in total. The number of carbonyl (C=O) groups excluding carboxylic acids is 1. The number of rotatable bonds is 3. The minimum atomic E-state index is -0.0929. The number of hydrogen-bond acceptors (Lipinski definition) is 3. The first kappa shape index (κ1) is 9.10. The number of nitrogens with two attached hydrogens (primary N) is 1. The molecule has 0 atom stereocenters. The van der Waals surface area contributed by atoms with Crippen LogP contribution in [0.2, 0.25) is 0 Å². The Morgan fingerprint density at radius 2 is 2.40 bits per heavy atom. The van der Waals surface area contributed by atoms with Crippen molar-refractivity contribution in [2.24, 2.45) is 16.8 Å². The number of amides is 1. The summed E-state index contributed by atoms with van der Waals surface area (Å²) < 4.78 is 0. The van der Waals surface area contributed by atoms with Crippen molar-refractivity contribution in [3.05, 3.63) is 0 Å². The maximum absolute atomic E-state index is 10.8. The van der Waals surface area contributed by atoms with Crippen LogP contribution in [0.15, 0.2) is 5.10 Å². The number of nitrogens with one attached hydrogen (secondary N) is 1. The zero-order chi connectivity index (χ0) is 7.98. The zero-order valence-electron chi connectivity index (χ0n) is 6.29. The Balaban J connectivity index is 3.49. The fourth-order valence-corrected chi connectivity index (χ4v) is 0.291. The maximum Gasteiger partial charge on any atom is 0.242 e. The number of carbonyl (C=O) groups is 1. The van der Waals surface area contributed by atoms with Gasteiger partial charge in [-0.2, -0.15) is 5.10 Å². The van der Waals surface area contributed by atoms with Gasteiger partial charge in [-0.25, -0.2) is 5.43 Å². The Bertz CT molecular complexity index is 131. The van der Waals surface area contributed by atoms with Crippen LogP contribution in [0.1, 0.15) is 13.8 Å². The molecule has 0 spiro atoms. The first-order chi connectivity index (χ1) is 4.68. The number of hydrazone groups is 1. The predicted octanol–water partition coefficient (Wildman–Crippen LogP) is -0.297. The molecule has 0 saturated carbocycles. The van der Waals surface area contributed by atoms with Gasteiger partial charge in [-0.05, 0) is 0 Å². The van der Waals surface area contributed by atoms with Crippen LogP contribution < -0.4 is 11.2 Å². The second-order valence-corrected chi connectivity index (χ2v) is 2.18. The Hall–Kier alpha value is -0.900. The molecule has 3 N–H and O–H groups in total. The molecule has 0 rings (SSSR count). The van der Waals surface area contributed by atoms with Gasteiger partial charge in [0.25, 0.3) is 0 Å². The second kappa shape index (κ2) is 4.93. The molecule has 0 bridgehead atoms. The van der Waals surface area contributed by atoms with E-state index < -0.39 is 0 Å². The van der Waals surface area contributed by atoms with Crippen molar-refractivity contribution in [2.45, 2.75) is 13.8 Å². The SMILES string of the molecule is CC(C)C(=O)N/N=C/CN. The van der Waals surface area contributed by atoms with E-state index in [2.05, 4.69) is 10.5 Å². The molecule has 0 aliphatic heterocycles. The smallest absolute Gasteiger partial charge is 0.242 e. The van der Waals surface area contributed by atoms with Crippen molar-refractivity contribution in [1.82, 2.24) is 5.43 Å². The third kappa shape index (κ3) is 4.03. The molecule has 0 fully saturated rings. The molecule has 10 heavy (non-hydrogen) atoms. The lowest BCUT2D eigenvalue weighted by Crippen LogP contribution is -2.23. The van der Waals surface area contributed by atoms with Gasteiger partial charge in [-0.1, -0.05) is 13.8 Å². The average Bonchev–Trinajstić information content (AvgIpc) is 1.88. The molecule has 0 aromatic carbocycles. The lowest BCUT2D eigenvalue weighted by Gasteiger charge is -2.00. The van der Waals surface area contributed by atoms with E-state index in [1.165, 1.54) is 6.21 Å². The second-order valence-electron chi connectivity index (χ2n) is 2.18. The van der Waals surface area contributed by atoms with E-state index in [0.29, 0.717) is 6.54 Å². The van der Waals surface area contributed by atoms with Crippen LogP contribution in [0, 0.1) is 5.92 Å². The van der Waals surface area contributed by atoms with Gasteiger partial charge in [0, 0.05) is 18.7 Å². The van der Waals surface area contributed by atoms with Gasteiger partial charge in [-0.15, -0.1) is 0 Å². The molecule has 58 valence electrons. The third-order valence-electron chi connectivity index (χ3n) is 0.896. The zero-order valence-corrected chi connectivity index (χ0v) is 6.29. The van der Waals surface area contributed by atoms with Crippen LogP contribution >= 0.6 is 0 Å². The summed E-state index contributed by atoms with van der Waals surface area (Å²) in [5, 5.41) is 3.56. The molecule has 0 unspecified atom stereocenters. The summed E-state index contributed by atoms with van der Waals surface area (Å²) in [5.41, 5.74) is 7.42. The van der Waals surface area contributed by atoms with Crippen LogP contribution in [0.4, 0.5) is 0 Å². The Kier molecular flexibility index (Phi) is 4.49. The fraction of sp³-hybridized carbons (Fsp3) is 0.667. The first-order valence-electron chi connectivity index (χ1n) is 3.20. The van der Waals surface area contributed by atoms with E-state index >= 15 is 0 Å². The lowest BCUT2D eigenvalue weighted by atomic mass is 10.2. The molecule has 0 aliphatic carbocycles. The van der Waals surface area contributed by atoms with E-state index in [-0.39, 0.29) is 11.8 Å². The third-order valence-corrected chi connectivity index (χ3v) is 0.896. The average molecular weight is 143 g/mol. The van der Waals surface area contributed by atoms with Gasteiger partial charge in [0.2, 0.25) is 5.91 Å². The standard InChI is InChI=1S/C6H13N3O/c1-5(2)6(10)9-8-4-3-7/h4-5H,3,7H2,1-2H3,(H,9,10)/b8-4+. The molecule has 0 saturated heterocycles. The molecule has 0 aliphatic rings. The number of hydrogen-bond donors (Lipinski definition) is 2. The van der Waals surface area contributed by atoms with Crippen molar-refractivity contribution < 1.29 is 4.79 Å². The fourth-order valence-electron chi connectivity index (χ4n) is 0.291. The summed E-state index contributed by atoms with van der Waals surface area (Å²) in [7, 11) is 0. The van der Waals surface area contributed by atoms with E-state index in [1.807, 2.05) is 0 Å². The molecular formula is C6H13N3O. The van der Waals surface area contributed by atoms with Crippen LogP contribution in [0.3, 0.4) is 0 Å². The van der Waals surface area contributed by atoms with Crippen molar-refractivity contribution in [2.75, 3.05) is 6.54 Å². The van der Waals surface area contributed by atoms with Gasteiger partial charge in [0.1, 0.15) is 0 Å². The molecular weight excluding hydrogens is 130 g/mol. The van der Waals surface area contributed by atoms with E-state index in [0.717, 1.165) is 0 Å².